The van der Waals surface area contributed by atoms with Gasteiger partial charge >= 0.3 is 0 Å². The first-order valence-electron chi connectivity index (χ1n) is 30.7. The Bertz CT molecular complexity index is 1380. The molecule has 424 valence electrons. The van der Waals surface area contributed by atoms with Gasteiger partial charge in [0.2, 0.25) is 5.91 Å². The Morgan fingerprint density at radius 1 is 0.466 bits per heavy atom. The SMILES string of the molecule is CCCCCCC/C=C\C/C=C\C/C=C\CCCCCCCCCCCCCCCCCCC(=O)NC(COC1OC(CO)C(O)C(O)C1O)C(O)/C=C/CC/C=C/CC/C=C/CCCCCCCCCCC. The molecule has 0 saturated carbocycles. The van der Waals surface area contributed by atoms with Crippen molar-refractivity contribution in [3.05, 3.63) is 72.9 Å². The minimum Gasteiger partial charge on any atom is -0.394 e. The number of rotatable bonds is 52. The van der Waals surface area contributed by atoms with Crippen LogP contribution in [0.5, 0.6) is 0 Å². The fraction of sp³-hybridized carbons (Fsp3) is 0.797. The first-order valence-corrected chi connectivity index (χ1v) is 30.7. The third-order valence-electron chi connectivity index (χ3n) is 14.2. The molecule has 0 radical (unpaired) electrons. The van der Waals surface area contributed by atoms with Gasteiger partial charge in [-0.25, -0.2) is 0 Å². The molecule has 73 heavy (non-hydrogen) atoms. The van der Waals surface area contributed by atoms with Crippen LogP contribution in [0.4, 0.5) is 0 Å². The standard InChI is InChI=1S/C64H115NO8/c1-3-5-7-9-11-13-15-17-19-21-23-24-25-26-27-28-29-30-31-32-33-34-36-38-40-42-44-46-48-50-52-54-60(68)65-57(56-72-64-63(71)62(70)61(69)59(55-66)73-64)58(67)53-51-49-47-45-43-41-39-37-35-22-20-18-16-14-12-10-8-6-4-2/h15,17,21,23,25-26,35,37,43,45,51,53,57-59,61-64,66-67,69-71H,3-14,16,18-20,22,24,27-34,36,38-42,44,46-50,52,54-56H2,1-2H3,(H,65,68)/b17-15-,23-21-,26-25-,37-35+,45-43+,53-51+. The summed E-state index contributed by atoms with van der Waals surface area (Å²) in [5, 5.41) is 54.5. The highest BCUT2D eigenvalue weighted by atomic mass is 16.7. The van der Waals surface area contributed by atoms with Gasteiger partial charge in [-0.1, -0.05) is 254 Å². The molecule has 0 aromatic carbocycles. The largest absolute Gasteiger partial charge is 0.394 e. The van der Waals surface area contributed by atoms with Crippen LogP contribution in [0.15, 0.2) is 72.9 Å². The third-order valence-corrected chi connectivity index (χ3v) is 14.2. The fourth-order valence-electron chi connectivity index (χ4n) is 9.37. The number of hydrogen-bond donors (Lipinski definition) is 6. The lowest BCUT2D eigenvalue weighted by atomic mass is 9.99. The van der Waals surface area contributed by atoms with Crippen LogP contribution in [-0.2, 0) is 14.3 Å². The highest BCUT2D eigenvalue weighted by Gasteiger charge is 2.44. The van der Waals surface area contributed by atoms with Crippen LogP contribution in [0.3, 0.4) is 0 Å². The van der Waals surface area contributed by atoms with Gasteiger partial charge in [0.15, 0.2) is 6.29 Å². The van der Waals surface area contributed by atoms with E-state index in [9.17, 15) is 30.3 Å². The summed E-state index contributed by atoms with van der Waals surface area (Å²) in [6.45, 7) is 3.76. The van der Waals surface area contributed by atoms with E-state index in [1.165, 1.54) is 193 Å². The number of carbonyl (C=O) groups is 1. The number of hydrogen-bond acceptors (Lipinski definition) is 8. The maximum Gasteiger partial charge on any atom is 0.220 e. The van der Waals surface area contributed by atoms with Gasteiger partial charge in [0.1, 0.15) is 24.4 Å². The van der Waals surface area contributed by atoms with Gasteiger partial charge in [-0.15, -0.1) is 0 Å². The van der Waals surface area contributed by atoms with Crippen LogP contribution in [0.2, 0.25) is 0 Å². The minimum atomic E-state index is -1.58. The zero-order valence-electron chi connectivity index (χ0n) is 47.1. The van der Waals surface area contributed by atoms with Crippen molar-refractivity contribution in [3.8, 4) is 0 Å². The van der Waals surface area contributed by atoms with Crippen molar-refractivity contribution in [2.24, 2.45) is 0 Å². The van der Waals surface area contributed by atoms with Crippen molar-refractivity contribution in [2.45, 2.75) is 314 Å². The number of ether oxygens (including phenoxy) is 2. The van der Waals surface area contributed by atoms with E-state index in [4.69, 9.17) is 9.47 Å². The second-order valence-electron chi connectivity index (χ2n) is 21.1. The molecule has 0 aromatic rings. The normalized spacial score (nSPS) is 19.6. The highest BCUT2D eigenvalue weighted by Crippen LogP contribution is 2.23. The molecule has 1 saturated heterocycles. The molecule has 9 nitrogen and oxygen atoms in total. The van der Waals surface area contributed by atoms with Crippen LogP contribution in [0, 0.1) is 0 Å². The molecule has 6 N–H and O–H groups in total. The van der Waals surface area contributed by atoms with Gasteiger partial charge in [0.25, 0.3) is 0 Å². The quantitative estimate of drug-likeness (QED) is 0.0261. The molecule has 7 atom stereocenters. The van der Waals surface area contributed by atoms with Gasteiger partial charge in [0, 0.05) is 6.42 Å². The Morgan fingerprint density at radius 3 is 1.25 bits per heavy atom. The molecule has 9 heteroatoms. The van der Waals surface area contributed by atoms with E-state index in [0.29, 0.717) is 6.42 Å². The van der Waals surface area contributed by atoms with Gasteiger partial charge < -0.3 is 40.3 Å². The van der Waals surface area contributed by atoms with E-state index < -0.39 is 49.5 Å². The van der Waals surface area contributed by atoms with Crippen LogP contribution in [-0.4, -0.2) is 87.5 Å². The molecule has 0 aromatic heterocycles. The summed E-state index contributed by atoms with van der Waals surface area (Å²) >= 11 is 0. The second-order valence-corrected chi connectivity index (χ2v) is 21.1. The Kier molecular flexibility index (Phi) is 49.9. The smallest absolute Gasteiger partial charge is 0.220 e. The van der Waals surface area contributed by atoms with Gasteiger partial charge in [-0.3, -0.25) is 4.79 Å². The number of amides is 1. The van der Waals surface area contributed by atoms with Crippen molar-refractivity contribution in [3.63, 3.8) is 0 Å². The minimum absolute atomic E-state index is 0.190. The summed E-state index contributed by atoms with van der Waals surface area (Å²) in [4.78, 5) is 13.1. The van der Waals surface area contributed by atoms with Crippen LogP contribution in [0.1, 0.15) is 271 Å². The number of allylic oxidation sites excluding steroid dienone is 11. The lowest BCUT2D eigenvalue weighted by molar-refractivity contribution is -0.302. The van der Waals surface area contributed by atoms with Crippen LogP contribution in [0.25, 0.3) is 0 Å². The fourth-order valence-corrected chi connectivity index (χ4v) is 9.37. The number of carbonyl (C=O) groups excluding carboxylic acids is 1. The number of nitrogens with one attached hydrogen (secondary N) is 1. The summed E-state index contributed by atoms with van der Waals surface area (Å²) in [6.07, 6.45) is 66.9. The van der Waals surface area contributed by atoms with E-state index in [1.807, 2.05) is 6.08 Å². The third kappa shape index (κ3) is 42.4. The average Bonchev–Trinajstić information content (AvgIpc) is 3.39. The molecule has 1 aliphatic rings. The maximum atomic E-state index is 13.1. The second kappa shape index (κ2) is 53.0. The van der Waals surface area contributed by atoms with Crippen molar-refractivity contribution in [2.75, 3.05) is 13.2 Å². The number of aliphatic hydroxyl groups is 5. The number of aliphatic hydroxyl groups excluding tert-OH is 5. The van der Waals surface area contributed by atoms with Crippen LogP contribution < -0.4 is 5.32 Å². The summed E-state index contributed by atoms with van der Waals surface area (Å²) < 4.78 is 11.3. The zero-order valence-corrected chi connectivity index (χ0v) is 47.1. The molecule has 7 unspecified atom stereocenters. The number of unbranched alkanes of at least 4 members (excludes halogenated alkanes) is 32. The van der Waals surface area contributed by atoms with Gasteiger partial charge in [-0.2, -0.15) is 0 Å². The Balaban J connectivity index is 2.19. The van der Waals surface area contributed by atoms with Crippen molar-refractivity contribution in [1.82, 2.24) is 5.32 Å². The van der Waals surface area contributed by atoms with Crippen molar-refractivity contribution in [1.29, 1.82) is 0 Å². The van der Waals surface area contributed by atoms with E-state index >= 15 is 0 Å². The molecule has 1 heterocycles. The molecule has 0 bridgehead atoms. The van der Waals surface area contributed by atoms with Gasteiger partial charge in [-0.05, 0) is 83.5 Å². The Labute approximate surface area is 448 Å². The summed E-state index contributed by atoms with van der Waals surface area (Å²) in [6, 6.07) is -0.831. The van der Waals surface area contributed by atoms with E-state index in [1.54, 1.807) is 6.08 Å². The zero-order chi connectivity index (χ0) is 52.9. The Hall–Kier alpha value is -2.37. The summed E-state index contributed by atoms with van der Waals surface area (Å²) in [5.41, 5.74) is 0. The molecular weight excluding hydrogens is 911 g/mol. The molecule has 1 fully saturated rings. The molecular formula is C64H115NO8. The molecule has 1 aliphatic heterocycles. The molecule has 0 spiro atoms. The van der Waals surface area contributed by atoms with Crippen molar-refractivity contribution >= 4 is 5.91 Å². The lowest BCUT2D eigenvalue weighted by Gasteiger charge is -2.40. The van der Waals surface area contributed by atoms with Gasteiger partial charge in [0.05, 0.1) is 25.4 Å². The maximum absolute atomic E-state index is 13.1. The predicted octanol–water partition coefficient (Wildman–Crippen LogP) is 15.6. The predicted molar refractivity (Wildman–Crippen MR) is 309 cm³/mol. The molecule has 1 rings (SSSR count). The monoisotopic (exact) mass is 1030 g/mol. The molecule has 0 aliphatic carbocycles. The summed E-state index contributed by atoms with van der Waals surface area (Å²) in [5.74, 6) is -0.190. The molecule has 1 amide bonds. The average molecular weight is 1030 g/mol. The van der Waals surface area contributed by atoms with Crippen molar-refractivity contribution < 1.29 is 39.8 Å². The van der Waals surface area contributed by atoms with Crippen LogP contribution >= 0.6 is 0 Å². The summed E-state index contributed by atoms with van der Waals surface area (Å²) in [7, 11) is 0. The van der Waals surface area contributed by atoms with E-state index in [-0.39, 0.29) is 12.5 Å². The topological polar surface area (TPSA) is 149 Å². The first-order chi connectivity index (χ1) is 35.8. The Morgan fingerprint density at radius 2 is 0.822 bits per heavy atom. The first kappa shape index (κ1) is 68.6. The van der Waals surface area contributed by atoms with E-state index in [0.717, 1.165) is 57.8 Å². The highest BCUT2D eigenvalue weighted by molar-refractivity contribution is 5.76. The van der Waals surface area contributed by atoms with E-state index in [2.05, 4.69) is 79.9 Å². The lowest BCUT2D eigenvalue weighted by Crippen LogP contribution is -2.60.